The third kappa shape index (κ3) is 4.97. The molecular formula is C13H26N2O. The van der Waals surface area contributed by atoms with Crippen molar-refractivity contribution < 1.29 is 4.79 Å². The van der Waals surface area contributed by atoms with E-state index in [1.54, 1.807) is 0 Å². The molecule has 0 aromatic heterocycles. The summed E-state index contributed by atoms with van der Waals surface area (Å²) in [5.41, 5.74) is 5.40. The van der Waals surface area contributed by atoms with Crippen LogP contribution in [-0.2, 0) is 4.79 Å². The molecule has 0 saturated heterocycles. The second kappa shape index (κ2) is 7.66. The summed E-state index contributed by atoms with van der Waals surface area (Å²) < 4.78 is 0. The van der Waals surface area contributed by atoms with Gasteiger partial charge in [-0.1, -0.05) is 19.3 Å². The minimum atomic E-state index is 0.200. The van der Waals surface area contributed by atoms with Crippen molar-refractivity contribution in [3.63, 3.8) is 0 Å². The molecule has 1 fully saturated rings. The summed E-state index contributed by atoms with van der Waals surface area (Å²) >= 11 is 0. The molecule has 0 aliphatic heterocycles. The molecule has 0 bridgehead atoms. The largest absolute Gasteiger partial charge is 0.353 e. The Labute approximate surface area is 99.2 Å². The molecule has 1 saturated carbocycles. The van der Waals surface area contributed by atoms with E-state index in [1.165, 1.54) is 32.1 Å². The highest BCUT2D eigenvalue weighted by Gasteiger charge is 2.20. The van der Waals surface area contributed by atoms with Crippen LogP contribution < -0.4 is 11.1 Å². The smallest absolute Gasteiger partial charge is 0.220 e. The quantitative estimate of drug-likeness (QED) is 0.682. The van der Waals surface area contributed by atoms with Gasteiger partial charge in [-0.3, -0.25) is 4.79 Å². The van der Waals surface area contributed by atoms with Crippen LogP contribution in [0.2, 0.25) is 0 Å². The molecular weight excluding hydrogens is 200 g/mol. The van der Waals surface area contributed by atoms with Crippen molar-refractivity contribution in [3.05, 3.63) is 0 Å². The third-order valence-corrected chi connectivity index (χ3v) is 3.60. The van der Waals surface area contributed by atoms with E-state index in [0.29, 0.717) is 24.9 Å². The highest BCUT2D eigenvalue weighted by atomic mass is 16.1. The molecule has 0 aromatic carbocycles. The molecule has 0 spiro atoms. The summed E-state index contributed by atoms with van der Waals surface area (Å²) in [6, 6.07) is 0.352. The lowest BCUT2D eigenvalue weighted by molar-refractivity contribution is -0.122. The summed E-state index contributed by atoms with van der Waals surface area (Å²) in [5, 5.41) is 3.13. The number of carbonyl (C=O) groups excluding carboxylic acids is 1. The molecule has 1 rings (SSSR count). The van der Waals surface area contributed by atoms with Gasteiger partial charge >= 0.3 is 0 Å². The zero-order valence-electron chi connectivity index (χ0n) is 10.5. The second-order valence-corrected chi connectivity index (χ2v) is 5.00. The van der Waals surface area contributed by atoms with Crippen LogP contribution in [0.15, 0.2) is 0 Å². The Morgan fingerprint density at radius 1 is 1.31 bits per heavy atom. The van der Waals surface area contributed by atoms with Crippen molar-refractivity contribution in [2.45, 2.75) is 64.3 Å². The van der Waals surface area contributed by atoms with Crippen molar-refractivity contribution in [2.24, 2.45) is 11.7 Å². The average molecular weight is 226 g/mol. The second-order valence-electron chi connectivity index (χ2n) is 5.00. The number of rotatable bonds is 6. The Bertz CT molecular complexity index is 200. The van der Waals surface area contributed by atoms with Gasteiger partial charge in [0.15, 0.2) is 0 Å². The number of unbranched alkanes of at least 4 members (excludes halogenated alkanes) is 1. The molecule has 3 nitrogen and oxygen atoms in total. The van der Waals surface area contributed by atoms with E-state index in [1.807, 2.05) is 0 Å². The first-order valence-electron chi connectivity index (χ1n) is 6.73. The van der Waals surface area contributed by atoms with Gasteiger partial charge in [-0.05, 0) is 45.1 Å². The molecule has 1 atom stereocenters. The maximum Gasteiger partial charge on any atom is 0.220 e. The van der Waals surface area contributed by atoms with Crippen LogP contribution in [-0.4, -0.2) is 18.5 Å². The zero-order valence-corrected chi connectivity index (χ0v) is 10.5. The average Bonchev–Trinajstić information content (AvgIpc) is 2.30. The summed E-state index contributed by atoms with van der Waals surface area (Å²) in [6.07, 6.45) is 9.09. The monoisotopic (exact) mass is 226 g/mol. The standard InChI is InChI=1S/C13H26N2O/c1-11(12-7-3-2-4-8-12)15-13(16)9-5-6-10-14/h11-12H,2-10,14H2,1H3,(H,15,16)/t11-/m1/s1. The number of hydrogen-bond donors (Lipinski definition) is 2. The van der Waals surface area contributed by atoms with Gasteiger partial charge in [-0.25, -0.2) is 0 Å². The zero-order chi connectivity index (χ0) is 11.8. The van der Waals surface area contributed by atoms with Gasteiger partial charge < -0.3 is 11.1 Å². The highest BCUT2D eigenvalue weighted by Crippen LogP contribution is 2.26. The van der Waals surface area contributed by atoms with Crippen molar-refractivity contribution in [1.82, 2.24) is 5.32 Å². The fourth-order valence-corrected chi connectivity index (χ4v) is 2.51. The van der Waals surface area contributed by atoms with E-state index in [9.17, 15) is 4.79 Å². The molecule has 1 amide bonds. The normalized spacial score (nSPS) is 19.4. The fraction of sp³-hybridized carbons (Fsp3) is 0.923. The topological polar surface area (TPSA) is 55.1 Å². The Hall–Kier alpha value is -0.570. The number of nitrogens with one attached hydrogen (secondary N) is 1. The first-order valence-corrected chi connectivity index (χ1v) is 6.73. The van der Waals surface area contributed by atoms with Crippen LogP contribution in [0.1, 0.15) is 58.3 Å². The van der Waals surface area contributed by atoms with E-state index in [4.69, 9.17) is 5.73 Å². The lowest BCUT2D eigenvalue weighted by Crippen LogP contribution is -2.38. The Morgan fingerprint density at radius 3 is 2.62 bits per heavy atom. The molecule has 0 heterocycles. The fourth-order valence-electron chi connectivity index (χ4n) is 2.51. The third-order valence-electron chi connectivity index (χ3n) is 3.60. The molecule has 16 heavy (non-hydrogen) atoms. The summed E-state index contributed by atoms with van der Waals surface area (Å²) in [7, 11) is 0. The number of hydrogen-bond acceptors (Lipinski definition) is 2. The van der Waals surface area contributed by atoms with Crippen LogP contribution in [0.5, 0.6) is 0 Å². The SMILES string of the molecule is C[C@@H](NC(=O)CCCCN)C1CCCCC1. The van der Waals surface area contributed by atoms with Gasteiger partial charge in [0.05, 0.1) is 0 Å². The van der Waals surface area contributed by atoms with E-state index >= 15 is 0 Å². The first-order chi connectivity index (χ1) is 7.74. The van der Waals surface area contributed by atoms with Crippen LogP contribution in [0.3, 0.4) is 0 Å². The lowest BCUT2D eigenvalue weighted by Gasteiger charge is -2.28. The summed E-state index contributed by atoms with van der Waals surface area (Å²) in [5.74, 6) is 0.902. The Kier molecular flexibility index (Phi) is 6.46. The number of amides is 1. The molecule has 0 aromatic rings. The Balaban J connectivity index is 2.16. The minimum absolute atomic E-state index is 0.200. The van der Waals surface area contributed by atoms with Crippen molar-refractivity contribution in [2.75, 3.05) is 6.54 Å². The molecule has 94 valence electrons. The van der Waals surface area contributed by atoms with Crippen LogP contribution in [0, 0.1) is 5.92 Å². The maximum absolute atomic E-state index is 11.6. The van der Waals surface area contributed by atoms with Gasteiger partial charge in [0.1, 0.15) is 0 Å². The van der Waals surface area contributed by atoms with Crippen LogP contribution in [0.25, 0.3) is 0 Å². The van der Waals surface area contributed by atoms with E-state index in [0.717, 1.165) is 12.8 Å². The van der Waals surface area contributed by atoms with Gasteiger partial charge in [-0.2, -0.15) is 0 Å². The molecule has 1 aliphatic carbocycles. The van der Waals surface area contributed by atoms with Gasteiger partial charge in [0, 0.05) is 12.5 Å². The van der Waals surface area contributed by atoms with Gasteiger partial charge in [-0.15, -0.1) is 0 Å². The van der Waals surface area contributed by atoms with Crippen molar-refractivity contribution in [3.8, 4) is 0 Å². The first kappa shape index (κ1) is 13.5. The molecule has 0 radical (unpaired) electrons. The Morgan fingerprint density at radius 2 is 2.00 bits per heavy atom. The van der Waals surface area contributed by atoms with E-state index in [2.05, 4.69) is 12.2 Å². The van der Waals surface area contributed by atoms with Crippen molar-refractivity contribution in [1.29, 1.82) is 0 Å². The highest BCUT2D eigenvalue weighted by molar-refractivity contribution is 5.76. The van der Waals surface area contributed by atoms with Gasteiger partial charge in [0.25, 0.3) is 0 Å². The lowest BCUT2D eigenvalue weighted by atomic mass is 9.84. The van der Waals surface area contributed by atoms with Crippen LogP contribution in [0.4, 0.5) is 0 Å². The van der Waals surface area contributed by atoms with Crippen LogP contribution >= 0.6 is 0 Å². The maximum atomic E-state index is 11.6. The predicted octanol–water partition coefficient (Wildman–Crippen LogP) is 2.20. The molecule has 3 N–H and O–H groups in total. The summed E-state index contributed by atoms with van der Waals surface area (Å²) in [6.45, 7) is 2.84. The molecule has 1 aliphatic rings. The number of nitrogens with two attached hydrogens (primary N) is 1. The number of carbonyl (C=O) groups is 1. The molecule has 0 unspecified atom stereocenters. The van der Waals surface area contributed by atoms with E-state index in [-0.39, 0.29) is 5.91 Å². The summed E-state index contributed by atoms with van der Waals surface area (Å²) in [4.78, 5) is 11.6. The van der Waals surface area contributed by atoms with Gasteiger partial charge in [0.2, 0.25) is 5.91 Å². The molecule has 3 heteroatoms. The van der Waals surface area contributed by atoms with E-state index < -0.39 is 0 Å². The minimum Gasteiger partial charge on any atom is -0.353 e. The predicted molar refractivity (Wildman–Crippen MR) is 67.1 cm³/mol. The van der Waals surface area contributed by atoms with Crippen molar-refractivity contribution >= 4 is 5.91 Å².